The van der Waals surface area contributed by atoms with E-state index in [1.54, 1.807) is 0 Å². The molecule has 1 aliphatic rings. The van der Waals surface area contributed by atoms with Crippen LogP contribution in [0.15, 0.2) is 18.5 Å². The molecule has 2 aromatic heterocycles. The molecule has 0 radical (unpaired) electrons. The van der Waals surface area contributed by atoms with E-state index in [0.717, 1.165) is 30.6 Å². The maximum absolute atomic E-state index is 12.5. The molecule has 0 unspecified atom stereocenters. The van der Waals surface area contributed by atoms with Crippen LogP contribution in [0.5, 0.6) is 0 Å². The fourth-order valence-electron chi connectivity index (χ4n) is 2.95. The molecule has 7 heteroatoms. The molecule has 1 saturated heterocycles. The normalized spacial score (nSPS) is 21.2. The number of ether oxygens (including phenoxy) is 1. The average Bonchev–Trinajstić information content (AvgIpc) is 3.25. The predicted molar refractivity (Wildman–Crippen MR) is 89.8 cm³/mol. The van der Waals surface area contributed by atoms with Crippen molar-refractivity contribution in [2.24, 2.45) is 0 Å². The molecule has 130 valence electrons. The molecule has 24 heavy (non-hydrogen) atoms. The number of H-pyrrole nitrogens is 1. The zero-order valence-corrected chi connectivity index (χ0v) is 14.5. The Balaban J connectivity index is 1.72. The van der Waals surface area contributed by atoms with Gasteiger partial charge in [0.1, 0.15) is 11.8 Å². The molecule has 3 rings (SSSR count). The van der Waals surface area contributed by atoms with Gasteiger partial charge in [0, 0.05) is 30.6 Å². The number of aromatic nitrogens is 4. The summed E-state index contributed by atoms with van der Waals surface area (Å²) in [6.07, 6.45) is 5.47. The largest absolute Gasteiger partial charge is 0.371 e. The lowest BCUT2D eigenvalue weighted by Crippen LogP contribution is -2.42. The van der Waals surface area contributed by atoms with E-state index in [-0.39, 0.29) is 18.1 Å². The van der Waals surface area contributed by atoms with Crippen LogP contribution in [-0.2, 0) is 11.3 Å². The van der Waals surface area contributed by atoms with E-state index in [1.165, 1.54) is 0 Å². The Kier molecular flexibility index (Phi) is 4.99. The Labute approximate surface area is 141 Å². The molecular weight excluding hydrogens is 306 g/mol. The second kappa shape index (κ2) is 7.17. The molecule has 0 saturated carbocycles. The van der Waals surface area contributed by atoms with Crippen molar-refractivity contribution in [1.29, 1.82) is 0 Å². The van der Waals surface area contributed by atoms with E-state index in [2.05, 4.69) is 34.5 Å². The molecule has 0 bridgehead atoms. The molecule has 2 atom stereocenters. The average molecular weight is 331 g/mol. The van der Waals surface area contributed by atoms with Gasteiger partial charge in [0.25, 0.3) is 5.91 Å². The van der Waals surface area contributed by atoms with E-state index in [9.17, 15) is 4.79 Å². The van der Waals surface area contributed by atoms with Crippen molar-refractivity contribution in [2.75, 3.05) is 6.61 Å². The van der Waals surface area contributed by atoms with Crippen molar-refractivity contribution in [3.8, 4) is 0 Å². The van der Waals surface area contributed by atoms with E-state index < -0.39 is 0 Å². The minimum Gasteiger partial charge on any atom is -0.371 e. The molecule has 1 fully saturated rings. The van der Waals surface area contributed by atoms with Gasteiger partial charge in [0.05, 0.1) is 12.2 Å². The van der Waals surface area contributed by atoms with Gasteiger partial charge in [-0.25, -0.2) is 0 Å². The quantitative estimate of drug-likeness (QED) is 0.881. The Hall–Kier alpha value is -2.15. The number of carbonyl (C=O) groups is 1. The van der Waals surface area contributed by atoms with E-state index >= 15 is 0 Å². The van der Waals surface area contributed by atoms with Gasteiger partial charge in [-0.3, -0.25) is 14.6 Å². The van der Waals surface area contributed by atoms with Crippen molar-refractivity contribution in [3.63, 3.8) is 0 Å². The maximum Gasteiger partial charge on any atom is 0.272 e. The highest BCUT2D eigenvalue weighted by molar-refractivity contribution is 5.92. The lowest BCUT2D eigenvalue weighted by atomic mass is 9.98. The monoisotopic (exact) mass is 331 g/mol. The highest BCUT2D eigenvalue weighted by Gasteiger charge is 2.30. The maximum atomic E-state index is 12.5. The molecule has 1 amide bonds. The highest BCUT2D eigenvalue weighted by atomic mass is 16.5. The lowest BCUT2D eigenvalue weighted by molar-refractivity contribution is -0.00956. The second-order valence-electron chi connectivity index (χ2n) is 6.51. The summed E-state index contributed by atoms with van der Waals surface area (Å²) in [5, 5.41) is 14.4. The fourth-order valence-corrected chi connectivity index (χ4v) is 2.95. The van der Waals surface area contributed by atoms with Gasteiger partial charge in [-0.1, -0.05) is 13.8 Å². The number of aromatic amines is 1. The molecular formula is C17H25N5O2. The first-order valence-electron chi connectivity index (χ1n) is 8.58. The third-order valence-corrected chi connectivity index (χ3v) is 4.40. The lowest BCUT2D eigenvalue weighted by Gasteiger charge is -2.31. The van der Waals surface area contributed by atoms with Crippen LogP contribution in [0.25, 0.3) is 0 Å². The van der Waals surface area contributed by atoms with Crippen molar-refractivity contribution in [3.05, 3.63) is 35.4 Å². The number of carbonyl (C=O) groups excluding carboxylic acids is 1. The van der Waals surface area contributed by atoms with Crippen molar-refractivity contribution >= 4 is 5.91 Å². The Morgan fingerprint density at radius 1 is 1.54 bits per heavy atom. The number of hydrogen-bond donors (Lipinski definition) is 2. The van der Waals surface area contributed by atoms with Crippen molar-refractivity contribution < 1.29 is 9.53 Å². The summed E-state index contributed by atoms with van der Waals surface area (Å²) in [7, 11) is 0. The van der Waals surface area contributed by atoms with Crippen LogP contribution in [0, 0.1) is 0 Å². The van der Waals surface area contributed by atoms with Gasteiger partial charge in [-0.2, -0.15) is 10.2 Å². The smallest absolute Gasteiger partial charge is 0.272 e. The molecule has 0 aliphatic carbocycles. The molecule has 0 aromatic carbocycles. The Morgan fingerprint density at radius 2 is 2.38 bits per heavy atom. The number of rotatable bonds is 5. The first kappa shape index (κ1) is 16.7. The van der Waals surface area contributed by atoms with Crippen LogP contribution in [0.2, 0.25) is 0 Å². The molecule has 3 heterocycles. The van der Waals surface area contributed by atoms with E-state index in [4.69, 9.17) is 4.74 Å². The van der Waals surface area contributed by atoms with Crippen LogP contribution in [0.4, 0.5) is 0 Å². The molecule has 7 nitrogen and oxygen atoms in total. The van der Waals surface area contributed by atoms with Gasteiger partial charge in [0.15, 0.2) is 0 Å². The van der Waals surface area contributed by atoms with Gasteiger partial charge in [-0.05, 0) is 31.7 Å². The van der Waals surface area contributed by atoms with Crippen molar-refractivity contribution in [1.82, 2.24) is 25.3 Å². The van der Waals surface area contributed by atoms with Crippen LogP contribution in [0.1, 0.15) is 67.4 Å². The summed E-state index contributed by atoms with van der Waals surface area (Å²) < 4.78 is 7.79. The van der Waals surface area contributed by atoms with Gasteiger partial charge in [0.2, 0.25) is 0 Å². The topological polar surface area (TPSA) is 84.8 Å². The summed E-state index contributed by atoms with van der Waals surface area (Å²) in [5.74, 6) is 0.145. The van der Waals surface area contributed by atoms with Gasteiger partial charge in [-0.15, -0.1) is 0 Å². The van der Waals surface area contributed by atoms with Crippen LogP contribution >= 0.6 is 0 Å². The first-order chi connectivity index (χ1) is 11.6. The van der Waals surface area contributed by atoms with Crippen LogP contribution < -0.4 is 5.32 Å². The third-order valence-electron chi connectivity index (χ3n) is 4.40. The zero-order valence-electron chi connectivity index (χ0n) is 14.5. The van der Waals surface area contributed by atoms with E-state index in [1.807, 2.05) is 30.1 Å². The number of nitrogens with one attached hydrogen (secondary N) is 2. The molecule has 2 aromatic rings. The highest BCUT2D eigenvalue weighted by Crippen LogP contribution is 2.28. The predicted octanol–water partition coefficient (Wildman–Crippen LogP) is 2.40. The second-order valence-corrected chi connectivity index (χ2v) is 6.51. The number of nitrogens with zero attached hydrogens (tertiary/aromatic N) is 3. The SMILES string of the molecule is CCn1cc([C@H]2OCCC[C@@H]2NC(=O)c2cc(C(C)C)[nH]n2)cn1. The Bertz CT molecular complexity index is 691. The summed E-state index contributed by atoms with van der Waals surface area (Å²) in [6.45, 7) is 7.68. The minimum absolute atomic E-state index is 0.0695. The van der Waals surface area contributed by atoms with Crippen molar-refractivity contribution in [2.45, 2.75) is 58.2 Å². The minimum atomic E-state index is -0.165. The van der Waals surface area contributed by atoms with Crippen LogP contribution in [0.3, 0.4) is 0 Å². The summed E-state index contributed by atoms with van der Waals surface area (Å²) in [6, 6.07) is 1.74. The Morgan fingerprint density at radius 3 is 3.04 bits per heavy atom. The number of amides is 1. The zero-order chi connectivity index (χ0) is 17.1. The first-order valence-corrected chi connectivity index (χ1v) is 8.58. The molecule has 2 N–H and O–H groups in total. The summed E-state index contributed by atoms with van der Waals surface area (Å²) in [4.78, 5) is 12.5. The molecule has 0 spiro atoms. The van der Waals surface area contributed by atoms with Crippen LogP contribution in [-0.4, -0.2) is 38.5 Å². The summed E-state index contributed by atoms with van der Waals surface area (Å²) in [5.41, 5.74) is 2.39. The van der Waals surface area contributed by atoms with E-state index in [0.29, 0.717) is 18.2 Å². The standard InChI is InChI=1S/C17H25N5O2/c1-4-22-10-12(9-18-22)16-13(6-5-7-24-16)19-17(23)15-8-14(11(2)3)20-21-15/h8-11,13,16H,4-7H2,1-3H3,(H,19,23)(H,20,21)/t13-,16+/m0/s1. The fraction of sp³-hybridized carbons (Fsp3) is 0.588. The third kappa shape index (κ3) is 3.51. The summed E-state index contributed by atoms with van der Waals surface area (Å²) >= 11 is 0. The van der Waals surface area contributed by atoms with Gasteiger partial charge < -0.3 is 10.1 Å². The number of aryl methyl sites for hydroxylation is 1. The number of hydrogen-bond acceptors (Lipinski definition) is 4. The molecule has 1 aliphatic heterocycles. The van der Waals surface area contributed by atoms with Gasteiger partial charge >= 0.3 is 0 Å².